The Morgan fingerprint density at radius 1 is 1.47 bits per heavy atom. The molecule has 0 heterocycles. The molecule has 1 rings (SSSR count). The van der Waals surface area contributed by atoms with Gasteiger partial charge in [-0.2, -0.15) is 0 Å². The van der Waals surface area contributed by atoms with E-state index in [-0.39, 0.29) is 5.82 Å². The van der Waals surface area contributed by atoms with Gasteiger partial charge in [-0.3, -0.25) is 0 Å². The number of benzene rings is 1. The van der Waals surface area contributed by atoms with Crippen molar-refractivity contribution in [3.63, 3.8) is 0 Å². The fourth-order valence-electron chi connectivity index (χ4n) is 1.19. The van der Waals surface area contributed by atoms with Crippen molar-refractivity contribution in [1.29, 1.82) is 0 Å². The number of hydrogen-bond acceptors (Lipinski definition) is 2. The third-order valence-electron chi connectivity index (χ3n) is 2.01. The number of rotatable bonds is 3. The van der Waals surface area contributed by atoms with E-state index in [1.54, 1.807) is 6.07 Å². The lowest BCUT2D eigenvalue weighted by Crippen LogP contribution is -2.06. The maximum atomic E-state index is 12.9. The molecule has 80 valence electrons. The fourth-order valence-corrected chi connectivity index (χ4v) is 1.19. The largest absolute Gasteiger partial charge is 0.326 e. The van der Waals surface area contributed by atoms with Gasteiger partial charge in [0.2, 0.25) is 0 Å². The Hall–Kier alpha value is -1.37. The van der Waals surface area contributed by atoms with E-state index in [1.165, 1.54) is 12.1 Å². The Balaban J connectivity index is 2.80. The lowest BCUT2D eigenvalue weighted by Gasteiger charge is -2.00. The highest BCUT2D eigenvalue weighted by molar-refractivity contribution is 5.41. The van der Waals surface area contributed by atoms with Gasteiger partial charge in [-0.1, -0.05) is 17.9 Å². The molecular formula is C12H15FN2. The molecule has 0 saturated carbocycles. The van der Waals surface area contributed by atoms with E-state index >= 15 is 0 Å². The van der Waals surface area contributed by atoms with Crippen LogP contribution < -0.4 is 11.1 Å². The van der Waals surface area contributed by atoms with Gasteiger partial charge in [-0.05, 0) is 24.7 Å². The van der Waals surface area contributed by atoms with Crippen LogP contribution in [0.2, 0.25) is 0 Å². The van der Waals surface area contributed by atoms with E-state index in [1.807, 2.05) is 7.05 Å². The van der Waals surface area contributed by atoms with Crippen molar-refractivity contribution in [3.05, 3.63) is 35.1 Å². The Kier molecular flexibility index (Phi) is 4.82. The average Bonchev–Trinajstić information content (AvgIpc) is 2.25. The van der Waals surface area contributed by atoms with E-state index in [0.29, 0.717) is 12.1 Å². The van der Waals surface area contributed by atoms with E-state index in [9.17, 15) is 4.39 Å². The van der Waals surface area contributed by atoms with Gasteiger partial charge in [0.15, 0.2) is 0 Å². The highest BCUT2D eigenvalue weighted by atomic mass is 19.1. The molecule has 1 aromatic rings. The van der Waals surface area contributed by atoms with Gasteiger partial charge in [0.1, 0.15) is 5.82 Å². The molecule has 0 fully saturated rings. The van der Waals surface area contributed by atoms with Crippen LogP contribution in [0.15, 0.2) is 18.2 Å². The van der Waals surface area contributed by atoms with E-state index in [2.05, 4.69) is 17.2 Å². The van der Waals surface area contributed by atoms with Crippen LogP contribution in [-0.4, -0.2) is 13.6 Å². The van der Waals surface area contributed by atoms with Gasteiger partial charge < -0.3 is 11.1 Å². The molecule has 0 amide bonds. The summed E-state index contributed by atoms with van der Waals surface area (Å²) >= 11 is 0. The molecule has 0 aromatic heterocycles. The first-order valence-electron chi connectivity index (χ1n) is 4.90. The summed E-state index contributed by atoms with van der Waals surface area (Å²) in [6, 6.07) is 4.51. The van der Waals surface area contributed by atoms with Crippen molar-refractivity contribution in [3.8, 4) is 11.8 Å². The second kappa shape index (κ2) is 6.18. The first-order chi connectivity index (χ1) is 7.27. The molecule has 0 aliphatic rings. The van der Waals surface area contributed by atoms with Crippen LogP contribution in [0.5, 0.6) is 0 Å². The number of halogens is 1. The first-order valence-corrected chi connectivity index (χ1v) is 4.90. The average molecular weight is 206 g/mol. The maximum Gasteiger partial charge on any atom is 0.124 e. The van der Waals surface area contributed by atoms with Crippen LogP contribution in [0.3, 0.4) is 0 Å². The van der Waals surface area contributed by atoms with Crippen molar-refractivity contribution < 1.29 is 4.39 Å². The summed E-state index contributed by atoms with van der Waals surface area (Å²) in [5.41, 5.74) is 7.10. The topological polar surface area (TPSA) is 38.0 Å². The summed E-state index contributed by atoms with van der Waals surface area (Å²) in [7, 11) is 1.87. The molecule has 2 nitrogen and oxygen atoms in total. The molecule has 3 heteroatoms. The lowest BCUT2D eigenvalue weighted by molar-refractivity contribution is 0.626. The molecule has 0 atom stereocenters. The van der Waals surface area contributed by atoms with Crippen LogP contribution in [-0.2, 0) is 6.54 Å². The molecule has 0 spiro atoms. The zero-order chi connectivity index (χ0) is 11.1. The van der Waals surface area contributed by atoms with E-state index in [0.717, 1.165) is 18.5 Å². The highest BCUT2D eigenvalue weighted by Gasteiger charge is 1.99. The van der Waals surface area contributed by atoms with Gasteiger partial charge in [0.25, 0.3) is 0 Å². The molecule has 15 heavy (non-hydrogen) atoms. The van der Waals surface area contributed by atoms with Crippen molar-refractivity contribution in [2.45, 2.75) is 13.0 Å². The predicted octanol–water partition coefficient (Wildman–Crippen LogP) is 1.25. The van der Waals surface area contributed by atoms with Crippen molar-refractivity contribution in [2.24, 2.45) is 5.73 Å². The zero-order valence-corrected chi connectivity index (χ0v) is 8.81. The molecule has 0 radical (unpaired) electrons. The minimum absolute atomic E-state index is 0.273. The number of nitrogens with two attached hydrogens (primary N) is 1. The third kappa shape index (κ3) is 3.70. The Bertz CT molecular complexity index is 377. The van der Waals surface area contributed by atoms with Gasteiger partial charge in [0.05, 0.1) is 0 Å². The fraction of sp³-hybridized carbons (Fsp3) is 0.333. The van der Waals surface area contributed by atoms with Crippen LogP contribution in [0.1, 0.15) is 17.5 Å². The Labute approximate surface area is 89.7 Å². The van der Waals surface area contributed by atoms with Crippen LogP contribution in [0.4, 0.5) is 4.39 Å². The summed E-state index contributed by atoms with van der Waals surface area (Å²) < 4.78 is 12.9. The maximum absolute atomic E-state index is 12.9. The molecule has 0 bridgehead atoms. The molecule has 0 aliphatic carbocycles. The van der Waals surface area contributed by atoms with E-state index < -0.39 is 0 Å². The van der Waals surface area contributed by atoms with Crippen LogP contribution in [0, 0.1) is 17.7 Å². The lowest BCUT2D eigenvalue weighted by atomic mass is 10.1. The second-order valence-electron chi connectivity index (χ2n) is 3.16. The highest BCUT2D eigenvalue weighted by Crippen LogP contribution is 2.09. The first kappa shape index (κ1) is 11.7. The SMILES string of the molecule is CNCCC#Cc1cc(F)ccc1CN. The van der Waals surface area contributed by atoms with Gasteiger partial charge >= 0.3 is 0 Å². The molecule has 3 N–H and O–H groups in total. The number of nitrogens with one attached hydrogen (secondary N) is 1. The quantitative estimate of drug-likeness (QED) is 0.577. The number of hydrogen-bond donors (Lipinski definition) is 2. The summed E-state index contributed by atoms with van der Waals surface area (Å²) in [5.74, 6) is 5.63. The molecular weight excluding hydrogens is 191 g/mol. The normalized spacial score (nSPS) is 9.53. The van der Waals surface area contributed by atoms with Crippen molar-refractivity contribution >= 4 is 0 Å². The smallest absolute Gasteiger partial charge is 0.124 e. The minimum Gasteiger partial charge on any atom is -0.326 e. The molecule has 0 saturated heterocycles. The monoisotopic (exact) mass is 206 g/mol. The van der Waals surface area contributed by atoms with E-state index in [4.69, 9.17) is 5.73 Å². The molecule has 0 unspecified atom stereocenters. The van der Waals surface area contributed by atoms with Crippen LogP contribution in [0.25, 0.3) is 0 Å². The van der Waals surface area contributed by atoms with Crippen LogP contribution >= 0.6 is 0 Å². The Morgan fingerprint density at radius 3 is 2.93 bits per heavy atom. The second-order valence-corrected chi connectivity index (χ2v) is 3.16. The summed E-state index contributed by atoms with van der Waals surface area (Å²) in [6.07, 6.45) is 0.747. The predicted molar refractivity (Wildman–Crippen MR) is 59.7 cm³/mol. The standard InChI is InChI=1S/C12H15FN2/c1-15-7-3-2-4-10-8-12(13)6-5-11(10)9-14/h5-6,8,15H,3,7,9,14H2,1H3. The van der Waals surface area contributed by atoms with Crippen molar-refractivity contribution in [2.75, 3.05) is 13.6 Å². The molecule has 1 aromatic carbocycles. The van der Waals surface area contributed by atoms with Gasteiger partial charge in [-0.25, -0.2) is 4.39 Å². The minimum atomic E-state index is -0.273. The Morgan fingerprint density at radius 2 is 2.27 bits per heavy atom. The summed E-state index contributed by atoms with van der Waals surface area (Å²) in [4.78, 5) is 0. The molecule has 0 aliphatic heterocycles. The third-order valence-corrected chi connectivity index (χ3v) is 2.01. The van der Waals surface area contributed by atoms with Gasteiger partial charge in [0, 0.05) is 25.1 Å². The zero-order valence-electron chi connectivity index (χ0n) is 8.81. The van der Waals surface area contributed by atoms with Crippen molar-refractivity contribution in [1.82, 2.24) is 5.32 Å². The summed E-state index contributed by atoms with van der Waals surface area (Å²) in [5, 5.41) is 2.99. The summed E-state index contributed by atoms with van der Waals surface area (Å²) in [6.45, 7) is 1.22. The van der Waals surface area contributed by atoms with Gasteiger partial charge in [-0.15, -0.1) is 0 Å².